The lowest BCUT2D eigenvalue weighted by molar-refractivity contribution is -0.119. The number of phenols is 1. The van der Waals surface area contributed by atoms with Gasteiger partial charge in [-0.2, -0.15) is 0 Å². The van der Waals surface area contributed by atoms with Crippen LogP contribution in [0.4, 0.5) is 11.4 Å². The van der Waals surface area contributed by atoms with Crippen LogP contribution in [0.25, 0.3) is 0 Å². The highest BCUT2D eigenvalue weighted by Crippen LogP contribution is 2.55. The van der Waals surface area contributed by atoms with Crippen LogP contribution in [0.1, 0.15) is 75.2 Å². The number of ketones is 2. The molecule has 0 saturated carbocycles. The van der Waals surface area contributed by atoms with Crippen LogP contribution in [0.15, 0.2) is 100 Å². The van der Waals surface area contributed by atoms with Crippen LogP contribution in [0, 0.1) is 10.8 Å². The predicted molar refractivity (Wildman–Crippen MR) is 176 cm³/mol. The van der Waals surface area contributed by atoms with Crippen molar-refractivity contribution in [2.45, 2.75) is 64.2 Å². The maximum Gasteiger partial charge on any atom is 0.255 e. The fraction of sp³-hybridized carbons (Fsp3) is 0.306. The van der Waals surface area contributed by atoms with E-state index in [0.717, 1.165) is 22.6 Å². The third-order valence-electron chi connectivity index (χ3n) is 8.96. The number of Topliss-reactive ketones (excluding diaryl/α,β-unsaturated/α-hetero) is 2. The molecule has 1 aliphatic heterocycles. The Morgan fingerprint density at radius 2 is 1.28 bits per heavy atom. The number of carbonyl (C=O) groups excluding carboxylic acids is 3. The molecule has 9 nitrogen and oxygen atoms in total. The first-order chi connectivity index (χ1) is 21.5. The van der Waals surface area contributed by atoms with Crippen molar-refractivity contribution in [2.24, 2.45) is 16.0 Å². The van der Waals surface area contributed by atoms with Gasteiger partial charge in [0.25, 0.3) is 5.91 Å². The molecule has 0 fully saturated rings. The van der Waals surface area contributed by atoms with Crippen LogP contribution in [-0.4, -0.2) is 31.0 Å². The molecular weight excluding hydrogens is 602 g/mol. The quantitative estimate of drug-likeness (QED) is 0.302. The largest absolute Gasteiger partial charge is 0.508 e. The van der Waals surface area contributed by atoms with Gasteiger partial charge in [-0.15, -0.1) is 0 Å². The van der Waals surface area contributed by atoms with E-state index >= 15 is 0 Å². The number of rotatable bonds is 5. The van der Waals surface area contributed by atoms with E-state index in [2.05, 4.69) is 37.9 Å². The van der Waals surface area contributed by atoms with Crippen LogP contribution >= 0.6 is 0 Å². The lowest BCUT2D eigenvalue weighted by Crippen LogP contribution is -2.44. The summed E-state index contributed by atoms with van der Waals surface area (Å²) in [6, 6.07) is 19.4. The van der Waals surface area contributed by atoms with Crippen LogP contribution in [0.5, 0.6) is 5.75 Å². The topological polar surface area (TPSA) is 147 Å². The Morgan fingerprint density at radius 3 is 1.76 bits per heavy atom. The Kier molecular flexibility index (Phi) is 7.56. The van der Waals surface area contributed by atoms with E-state index in [-0.39, 0.29) is 38.9 Å². The summed E-state index contributed by atoms with van der Waals surface area (Å²) in [6.07, 6.45) is 1.94. The summed E-state index contributed by atoms with van der Waals surface area (Å²) < 4.78 is 23.1. The van der Waals surface area contributed by atoms with Crippen LogP contribution < -0.4 is 15.4 Å². The minimum Gasteiger partial charge on any atom is -0.508 e. The number of benzene rings is 3. The van der Waals surface area contributed by atoms with Crippen molar-refractivity contribution >= 4 is 38.9 Å². The van der Waals surface area contributed by atoms with E-state index in [4.69, 9.17) is 5.14 Å². The molecule has 3 aromatic carbocycles. The van der Waals surface area contributed by atoms with Gasteiger partial charge in [-0.25, -0.2) is 13.6 Å². The number of phenolic OH excluding ortho intramolecular Hbond substituents is 1. The van der Waals surface area contributed by atoms with Gasteiger partial charge in [0, 0.05) is 58.2 Å². The number of primary sulfonamides is 1. The maximum absolute atomic E-state index is 14.0. The lowest BCUT2D eigenvalue weighted by Gasteiger charge is -2.49. The van der Waals surface area contributed by atoms with Gasteiger partial charge in [-0.1, -0.05) is 39.8 Å². The molecular formula is C36H37N3O6S. The van der Waals surface area contributed by atoms with Crippen molar-refractivity contribution in [3.05, 3.63) is 106 Å². The van der Waals surface area contributed by atoms with Gasteiger partial charge in [0.15, 0.2) is 11.6 Å². The molecule has 0 spiro atoms. The summed E-state index contributed by atoms with van der Waals surface area (Å²) in [5.41, 5.74) is 4.65. The molecule has 0 aromatic heterocycles. The smallest absolute Gasteiger partial charge is 0.255 e. The van der Waals surface area contributed by atoms with Crippen LogP contribution in [0.3, 0.4) is 0 Å². The van der Waals surface area contributed by atoms with Crippen molar-refractivity contribution in [1.29, 1.82) is 0 Å². The lowest BCUT2D eigenvalue weighted by atomic mass is 9.63. The molecule has 3 aliphatic rings. The molecule has 1 heterocycles. The molecule has 0 saturated heterocycles. The van der Waals surface area contributed by atoms with E-state index in [1.165, 1.54) is 24.3 Å². The van der Waals surface area contributed by atoms with Gasteiger partial charge in [0.05, 0.1) is 4.90 Å². The summed E-state index contributed by atoms with van der Waals surface area (Å²) in [5, 5.41) is 18.0. The van der Waals surface area contributed by atoms with Crippen molar-refractivity contribution in [1.82, 2.24) is 0 Å². The molecule has 2 aliphatic carbocycles. The second-order valence-electron chi connectivity index (χ2n) is 14.0. The molecule has 238 valence electrons. The summed E-state index contributed by atoms with van der Waals surface area (Å²) in [7, 11) is -3.85. The molecule has 4 N–H and O–H groups in total. The molecule has 10 heteroatoms. The number of amides is 1. The molecule has 0 radical (unpaired) electrons. The highest BCUT2D eigenvalue weighted by Gasteiger charge is 2.49. The number of allylic oxidation sites excluding steroid dienone is 4. The van der Waals surface area contributed by atoms with Gasteiger partial charge in [-0.3, -0.25) is 14.4 Å². The number of nitrogens with two attached hydrogens (primary N) is 1. The molecule has 6 rings (SSSR count). The van der Waals surface area contributed by atoms with Crippen molar-refractivity contribution < 1.29 is 27.9 Å². The minimum absolute atomic E-state index is 0.00274. The average molecular weight is 640 g/mol. The molecule has 0 atom stereocenters. The Labute approximate surface area is 268 Å². The second-order valence-corrected chi connectivity index (χ2v) is 15.6. The van der Waals surface area contributed by atoms with E-state index in [1.54, 1.807) is 36.4 Å². The highest BCUT2D eigenvalue weighted by atomic mass is 32.2. The van der Waals surface area contributed by atoms with Crippen LogP contribution in [-0.2, 0) is 19.6 Å². The van der Waals surface area contributed by atoms with Crippen molar-refractivity contribution in [2.75, 3.05) is 10.2 Å². The Hall–Kier alpha value is -4.54. The summed E-state index contributed by atoms with van der Waals surface area (Å²) in [4.78, 5) is 43.2. The van der Waals surface area contributed by atoms with Gasteiger partial charge in [0.1, 0.15) is 5.75 Å². The number of nitrogens with zero attached hydrogens (tertiary/aromatic N) is 1. The van der Waals surface area contributed by atoms with E-state index in [9.17, 15) is 27.9 Å². The third-order valence-corrected chi connectivity index (χ3v) is 9.89. The summed E-state index contributed by atoms with van der Waals surface area (Å²) in [5.74, 6) is -0.796. The fourth-order valence-electron chi connectivity index (χ4n) is 6.97. The van der Waals surface area contributed by atoms with E-state index < -0.39 is 15.9 Å². The standard InChI is InChI=1S/C36H37N3O6S/c1-35(2)17-27-32(29(41)19-35)31(21-7-13-25(40)14-8-21)33-28(18-36(3,4)20-30(33)42)39(27)24-11-5-22(6-12-24)34(43)38-23-9-15-26(16-10-23)46(37,44)45/h5-16,31,40H,17-20H2,1-4H3,(H,38,43)(H2,37,44,45). The number of sulfonamides is 1. The van der Waals surface area contributed by atoms with E-state index in [0.29, 0.717) is 48.1 Å². The Bertz CT molecular complexity index is 1880. The molecule has 1 amide bonds. The first-order valence-corrected chi connectivity index (χ1v) is 16.7. The number of nitrogens with one attached hydrogen (secondary N) is 1. The normalized spacial score (nSPS) is 19.5. The number of hydrogen-bond acceptors (Lipinski definition) is 7. The first kappa shape index (κ1) is 31.4. The zero-order valence-corrected chi connectivity index (χ0v) is 27.1. The van der Waals surface area contributed by atoms with Gasteiger partial charge in [0.2, 0.25) is 10.0 Å². The number of anilines is 2. The third kappa shape index (κ3) is 5.90. The number of aromatic hydroxyl groups is 1. The summed E-state index contributed by atoms with van der Waals surface area (Å²) >= 11 is 0. The number of hydrogen-bond donors (Lipinski definition) is 3. The number of carbonyl (C=O) groups is 3. The summed E-state index contributed by atoms with van der Waals surface area (Å²) in [6.45, 7) is 8.30. The Morgan fingerprint density at radius 1 is 0.783 bits per heavy atom. The molecule has 3 aromatic rings. The highest BCUT2D eigenvalue weighted by molar-refractivity contribution is 7.89. The first-order valence-electron chi connectivity index (χ1n) is 15.2. The molecule has 0 bridgehead atoms. The van der Waals surface area contributed by atoms with Gasteiger partial charge in [-0.05, 0) is 89.9 Å². The minimum atomic E-state index is -3.85. The predicted octanol–water partition coefficient (Wildman–Crippen LogP) is 6.18. The zero-order valence-electron chi connectivity index (χ0n) is 26.3. The molecule has 0 unspecified atom stereocenters. The van der Waals surface area contributed by atoms with Gasteiger partial charge >= 0.3 is 0 Å². The average Bonchev–Trinajstić information content (AvgIpc) is 2.95. The monoisotopic (exact) mass is 639 g/mol. The molecule has 46 heavy (non-hydrogen) atoms. The van der Waals surface area contributed by atoms with Crippen molar-refractivity contribution in [3.63, 3.8) is 0 Å². The van der Waals surface area contributed by atoms with Crippen molar-refractivity contribution in [3.8, 4) is 5.75 Å². The maximum atomic E-state index is 14.0. The van der Waals surface area contributed by atoms with Gasteiger partial charge < -0.3 is 15.3 Å². The second kappa shape index (κ2) is 11.1. The fourth-order valence-corrected chi connectivity index (χ4v) is 7.49. The zero-order chi connectivity index (χ0) is 33.2. The van der Waals surface area contributed by atoms with E-state index in [1.807, 2.05) is 12.1 Å². The van der Waals surface area contributed by atoms with Crippen LogP contribution in [0.2, 0.25) is 0 Å². The Balaban J connectivity index is 1.43. The SMILES string of the molecule is CC1(C)CC(=O)C2=C(C1)N(c1ccc(C(=O)Nc3ccc(S(N)(=O)=O)cc3)cc1)C1=C(C(=O)CC(C)(C)C1)C2c1ccc(O)cc1.